The number of hydrogen-bond donors (Lipinski definition) is 2. The molecular formula is C21H33N3O3S. The molecule has 2 aliphatic heterocycles. The third-order valence-electron chi connectivity index (χ3n) is 6.91. The van der Waals surface area contributed by atoms with Gasteiger partial charge in [0, 0.05) is 50.8 Å². The van der Waals surface area contributed by atoms with Crippen molar-refractivity contribution in [3.8, 4) is 0 Å². The van der Waals surface area contributed by atoms with E-state index < -0.39 is 10.0 Å². The highest BCUT2D eigenvalue weighted by Crippen LogP contribution is 2.42. The Labute approximate surface area is 169 Å². The van der Waals surface area contributed by atoms with Crippen LogP contribution in [0.5, 0.6) is 0 Å². The minimum absolute atomic E-state index is 0.110. The van der Waals surface area contributed by atoms with Crippen molar-refractivity contribution < 1.29 is 13.5 Å². The highest BCUT2D eigenvalue weighted by molar-refractivity contribution is 7.89. The lowest BCUT2D eigenvalue weighted by Gasteiger charge is -2.56. The molecule has 3 aliphatic rings. The summed E-state index contributed by atoms with van der Waals surface area (Å²) in [7, 11) is -3.13. The van der Waals surface area contributed by atoms with Crippen molar-refractivity contribution in [3.63, 3.8) is 0 Å². The first-order valence-electron chi connectivity index (χ1n) is 10.6. The lowest BCUT2D eigenvalue weighted by molar-refractivity contribution is -0.0430. The summed E-state index contributed by atoms with van der Waals surface area (Å²) in [6.07, 6.45) is 4.06. The van der Waals surface area contributed by atoms with Gasteiger partial charge in [-0.3, -0.25) is 4.90 Å². The van der Waals surface area contributed by atoms with Crippen LogP contribution in [0, 0.1) is 0 Å². The van der Waals surface area contributed by atoms with Crippen LogP contribution in [0.15, 0.2) is 30.3 Å². The topological polar surface area (TPSA) is 72.9 Å². The van der Waals surface area contributed by atoms with Gasteiger partial charge in [0.2, 0.25) is 10.0 Å². The van der Waals surface area contributed by atoms with Crippen molar-refractivity contribution in [1.82, 2.24) is 14.5 Å². The fraction of sp³-hybridized carbons (Fsp3) is 0.714. The minimum atomic E-state index is -3.13. The van der Waals surface area contributed by atoms with Crippen LogP contribution in [-0.4, -0.2) is 78.9 Å². The van der Waals surface area contributed by atoms with Crippen molar-refractivity contribution >= 4 is 10.0 Å². The fourth-order valence-corrected chi connectivity index (χ4v) is 6.22. The van der Waals surface area contributed by atoms with Crippen LogP contribution in [0.4, 0.5) is 0 Å². The van der Waals surface area contributed by atoms with Gasteiger partial charge in [0.05, 0.1) is 11.3 Å². The standard InChI is InChI=1S/C21H33N3O3S/c1-2-28(26,27)24-15-21(16-24,10-13-25)23-11-8-18(9-12-23)22-20-14-19(20)17-6-4-3-5-7-17/h3-7,18-20,22,25H,2,8-16H2,1H3/t19-,20+/m0/s1. The average Bonchev–Trinajstić information content (AvgIpc) is 3.45. The van der Waals surface area contributed by atoms with Crippen LogP contribution in [0.3, 0.4) is 0 Å². The van der Waals surface area contributed by atoms with Crippen LogP contribution < -0.4 is 5.32 Å². The van der Waals surface area contributed by atoms with Crippen molar-refractivity contribution in [3.05, 3.63) is 35.9 Å². The van der Waals surface area contributed by atoms with Gasteiger partial charge in [-0.1, -0.05) is 30.3 Å². The van der Waals surface area contributed by atoms with E-state index in [9.17, 15) is 13.5 Å². The van der Waals surface area contributed by atoms with Gasteiger partial charge < -0.3 is 10.4 Å². The first kappa shape index (κ1) is 20.3. The summed E-state index contributed by atoms with van der Waals surface area (Å²) >= 11 is 0. The van der Waals surface area contributed by atoms with E-state index in [1.54, 1.807) is 11.2 Å². The third-order valence-corrected chi connectivity index (χ3v) is 8.69. The number of piperidine rings is 1. The molecule has 7 heteroatoms. The van der Waals surface area contributed by atoms with E-state index in [0.29, 0.717) is 37.5 Å². The summed E-state index contributed by atoms with van der Waals surface area (Å²) in [5, 5.41) is 13.4. The van der Waals surface area contributed by atoms with E-state index in [0.717, 1.165) is 25.9 Å². The number of aliphatic hydroxyl groups is 1. The molecule has 1 aromatic rings. The molecule has 2 atom stereocenters. The number of likely N-dealkylation sites (tertiary alicyclic amines) is 1. The predicted octanol–water partition coefficient (Wildman–Crippen LogP) is 1.38. The van der Waals surface area contributed by atoms with E-state index in [1.807, 2.05) is 0 Å². The van der Waals surface area contributed by atoms with E-state index >= 15 is 0 Å². The maximum absolute atomic E-state index is 12.1. The monoisotopic (exact) mass is 407 g/mol. The zero-order chi connectivity index (χ0) is 19.8. The molecule has 156 valence electrons. The molecule has 28 heavy (non-hydrogen) atoms. The van der Waals surface area contributed by atoms with Crippen molar-refractivity contribution in [2.75, 3.05) is 38.5 Å². The number of nitrogens with one attached hydrogen (secondary N) is 1. The van der Waals surface area contributed by atoms with Crippen molar-refractivity contribution in [2.45, 2.75) is 56.1 Å². The van der Waals surface area contributed by atoms with Gasteiger partial charge in [-0.2, -0.15) is 4.31 Å². The molecule has 2 saturated heterocycles. The Balaban J connectivity index is 1.28. The minimum Gasteiger partial charge on any atom is -0.396 e. The van der Waals surface area contributed by atoms with Crippen LogP contribution in [0.25, 0.3) is 0 Å². The second-order valence-corrected chi connectivity index (χ2v) is 10.9. The summed E-state index contributed by atoms with van der Waals surface area (Å²) in [6, 6.07) is 11.9. The van der Waals surface area contributed by atoms with Gasteiger partial charge in [-0.15, -0.1) is 0 Å². The zero-order valence-electron chi connectivity index (χ0n) is 16.8. The Kier molecular flexibility index (Phi) is 5.82. The van der Waals surface area contributed by atoms with Gasteiger partial charge in [0.25, 0.3) is 0 Å². The molecule has 2 N–H and O–H groups in total. The van der Waals surface area contributed by atoms with Gasteiger partial charge >= 0.3 is 0 Å². The summed E-state index contributed by atoms with van der Waals surface area (Å²) in [4.78, 5) is 2.44. The lowest BCUT2D eigenvalue weighted by Crippen LogP contribution is -2.72. The molecule has 3 fully saturated rings. The molecule has 0 spiro atoms. The van der Waals surface area contributed by atoms with Crippen LogP contribution in [0.1, 0.15) is 44.1 Å². The van der Waals surface area contributed by atoms with E-state index in [2.05, 4.69) is 40.5 Å². The second kappa shape index (κ2) is 8.03. The Morgan fingerprint density at radius 1 is 1.18 bits per heavy atom. The molecule has 1 saturated carbocycles. The van der Waals surface area contributed by atoms with Gasteiger partial charge in [-0.05, 0) is 38.2 Å². The highest BCUT2D eigenvalue weighted by atomic mass is 32.2. The number of benzene rings is 1. The van der Waals surface area contributed by atoms with Crippen LogP contribution in [-0.2, 0) is 10.0 Å². The number of hydrogen-bond acceptors (Lipinski definition) is 5. The van der Waals surface area contributed by atoms with Gasteiger partial charge in [0.15, 0.2) is 0 Å². The van der Waals surface area contributed by atoms with E-state index in [4.69, 9.17) is 0 Å². The maximum Gasteiger partial charge on any atom is 0.213 e. The zero-order valence-corrected chi connectivity index (χ0v) is 17.6. The number of aliphatic hydroxyl groups excluding tert-OH is 1. The van der Waals surface area contributed by atoms with Gasteiger partial charge in [-0.25, -0.2) is 8.42 Å². The lowest BCUT2D eigenvalue weighted by atomic mass is 9.84. The number of sulfonamides is 1. The Morgan fingerprint density at radius 3 is 2.46 bits per heavy atom. The summed E-state index contributed by atoms with van der Waals surface area (Å²) in [5.41, 5.74) is 1.26. The van der Waals surface area contributed by atoms with Crippen molar-refractivity contribution in [2.24, 2.45) is 0 Å². The molecule has 6 nitrogen and oxygen atoms in total. The molecule has 1 aromatic carbocycles. The quantitative estimate of drug-likeness (QED) is 0.681. The molecule has 4 rings (SSSR count). The number of nitrogens with zero attached hydrogens (tertiary/aromatic N) is 2. The summed E-state index contributed by atoms with van der Waals surface area (Å²) in [5.74, 6) is 0.803. The molecule has 0 radical (unpaired) electrons. The molecule has 0 aromatic heterocycles. The highest BCUT2D eigenvalue weighted by Gasteiger charge is 2.51. The molecular weight excluding hydrogens is 374 g/mol. The smallest absolute Gasteiger partial charge is 0.213 e. The molecule has 0 unspecified atom stereocenters. The Bertz CT molecular complexity index is 756. The first-order chi connectivity index (χ1) is 13.5. The summed E-state index contributed by atoms with van der Waals surface area (Å²) in [6.45, 7) is 4.81. The average molecular weight is 408 g/mol. The first-order valence-corrected chi connectivity index (χ1v) is 12.2. The second-order valence-electron chi connectivity index (χ2n) is 8.65. The normalized spacial score (nSPS) is 28.8. The third kappa shape index (κ3) is 4.00. The molecule has 2 heterocycles. The fourth-order valence-electron chi connectivity index (χ4n) is 4.98. The maximum atomic E-state index is 12.1. The van der Waals surface area contributed by atoms with E-state index in [1.165, 1.54) is 12.0 Å². The van der Waals surface area contributed by atoms with Crippen molar-refractivity contribution in [1.29, 1.82) is 0 Å². The Hall–Kier alpha value is -0.990. The predicted molar refractivity (Wildman–Crippen MR) is 111 cm³/mol. The SMILES string of the molecule is CCS(=O)(=O)N1CC(CCO)(N2CCC(N[C@@H]3C[C@H]3c3ccccc3)CC2)C1. The molecule has 1 aliphatic carbocycles. The van der Waals surface area contributed by atoms with Crippen LogP contribution in [0.2, 0.25) is 0 Å². The van der Waals surface area contributed by atoms with E-state index in [-0.39, 0.29) is 17.9 Å². The van der Waals surface area contributed by atoms with Gasteiger partial charge in [0.1, 0.15) is 0 Å². The number of rotatable bonds is 8. The Morgan fingerprint density at radius 2 is 1.86 bits per heavy atom. The molecule has 0 amide bonds. The molecule has 0 bridgehead atoms. The van der Waals surface area contributed by atoms with Crippen LogP contribution >= 0.6 is 0 Å². The largest absolute Gasteiger partial charge is 0.396 e. The summed E-state index contributed by atoms with van der Waals surface area (Å²) < 4.78 is 25.8.